The van der Waals surface area contributed by atoms with Crippen LogP contribution in [0.5, 0.6) is 0 Å². The highest BCUT2D eigenvalue weighted by Gasteiger charge is 2.45. The molecule has 0 N–H and O–H groups in total. The van der Waals surface area contributed by atoms with Crippen molar-refractivity contribution in [3.05, 3.63) is 0 Å². The Hall–Kier alpha value is 0.350. The molecule has 0 aliphatic carbocycles. The molecule has 0 heterocycles. The Morgan fingerprint density at radius 1 is 0.833 bits per heavy atom. The van der Waals surface area contributed by atoms with Crippen molar-refractivity contribution >= 4 is 12.6 Å². The SMILES string of the molecule is CCC[C@](C)(CC)C(C)C(C(C)CC)C(S)[C@@](C)(CCC)C(C)C. The van der Waals surface area contributed by atoms with E-state index in [1.54, 1.807) is 0 Å². The van der Waals surface area contributed by atoms with E-state index in [-0.39, 0.29) is 0 Å². The van der Waals surface area contributed by atoms with Gasteiger partial charge in [0.1, 0.15) is 0 Å². The topological polar surface area (TPSA) is 0 Å². The number of rotatable bonds is 12. The van der Waals surface area contributed by atoms with Gasteiger partial charge in [0.05, 0.1) is 0 Å². The van der Waals surface area contributed by atoms with Gasteiger partial charge in [-0.15, -0.1) is 0 Å². The molecule has 0 aromatic rings. The summed E-state index contributed by atoms with van der Waals surface area (Å²) in [5.74, 6) is 2.82. The molecule has 0 nitrogen and oxygen atoms in total. The Morgan fingerprint density at radius 3 is 1.67 bits per heavy atom. The maximum atomic E-state index is 5.35. The van der Waals surface area contributed by atoms with Crippen molar-refractivity contribution in [1.29, 1.82) is 0 Å². The highest BCUT2D eigenvalue weighted by atomic mass is 32.1. The lowest BCUT2D eigenvalue weighted by molar-refractivity contribution is 0.0390. The number of hydrogen-bond donors (Lipinski definition) is 1. The van der Waals surface area contributed by atoms with Crippen LogP contribution in [0.2, 0.25) is 0 Å². The van der Waals surface area contributed by atoms with E-state index in [1.165, 1.54) is 38.5 Å². The van der Waals surface area contributed by atoms with Crippen LogP contribution >= 0.6 is 12.6 Å². The monoisotopic (exact) mass is 356 g/mol. The van der Waals surface area contributed by atoms with Crippen molar-refractivity contribution in [2.24, 2.45) is 34.5 Å². The van der Waals surface area contributed by atoms with Crippen LogP contribution in [-0.4, -0.2) is 5.25 Å². The van der Waals surface area contributed by atoms with Crippen LogP contribution in [0.1, 0.15) is 108 Å². The number of hydrogen-bond acceptors (Lipinski definition) is 1. The van der Waals surface area contributed by atoms with Gasteiger partial charge in [0.2, 0.25) is 0 Å². The summed E-state index contributed by atoms with van der Waals surface area (Å²) in [6, 6.07) is 0. The highest BCUT2D eigenvalue weighted by molar-refractivity contribution is 7.81. The van der Waals surface area contributed by atoms with Gasteiger partial charge in [0.15, 0.2) is 0 Å². The molecule has 0 radical (unpaired) electrons. The zero-order valence-electron chi connectivity index (χ0n) is 18.6. The van der Waals surface area contributed by atoms with Crippen molar-refractivity contribution in [2.45, 2.75) is 113 Å². The third-order valence-corrected chi connectivity index (χ3v) is 8.69. The second-order valence-electron chi connectivity index (χ2n) is 9.36. The summed E-state index contributed by atoms with van der Waals surface area (Å²) in [6.45, 7) is 24.3. The fourth-order valence-electron chi connectivity index (χ4n) is 4.87. The van der Waals surface area contributed by atoms with Crippen molar-refractivity contribution in [3.8, 4) is 0 Å². The maximum absolute atomic E-state index is 5.35. The van der Waals surface area contributed by atoms with Crippen LogP contribution in [0.25, 0.3) is 0 Å². The summed E-state index contributed by atoms with van der Waals surface area (Å²) in [5, 5.41) is 0.477. The Morgan fingerprint density at radius 2 is 1.33 bits per heavy atom. The van der Waals surface area contributed by atoms with Crippen LogP contribution in [0.4, 0.5) is 0 Å². The summed E-state index contributed by atoms with van der Waals surface area (Å²) in [5.41, 5.74) is 0.759. The molecule has 146 valence electrons. The van der Waals surface area contributed by atoms with Crippen LogP contribution < -0.4 is 0 Å². The molecule has 0 spiro atoms. The molecule has 0 aromatic heterocycles. The minimum Gasteiger partial charge on any atom is -0.175 e. The fraction of sp³-hybridized carbons (Fsp3) is 1.00. The van der Waals surface area contributed by atoms with E-state index in [1.807, 2.05) is 0 Å². The highest BCUT2D eigenvalue weighted by Crippen LogP contribution is 2.51. The van der Waals surface area contributed by atoms with Crippen LogP contribution in [0.15, 0.2) is 0 Å². The first-order chi connectivity index (χ1) is 11.1. The van der Waals surface area contributed by atoms with Gasteiger partial charge >= 0.3 is 0 Å². The number of thiol groups is 1. The molecule has 0 amide bonds. The Kier molecular flexibility index (Phi) is 10.6. The molecule has 0 aromatic carbocycles. The normalized spacial score (nSPS) is 22.5. The van der Waals surface area contributed by atoms with Gasteiger partial charge in [0, 0.05) is 5.25 Å². The van der Waals surface area contributed by atoms with E-state index in [2.05, 4.69) is 69.2 Å². The standard InChI is InChI=1S/C23H48S/c1-11-15-22(9,14-4)19(8)20(18(7)13-3)21(24)23(10,16-12-2)17(5)6/h17-21,24H,11-16H2,1-10H3/t18?,19?,20?,21?,22-,23-/m0/s1. The minimum absolute atomic E-state index is 0.321. The summed E-state index contributed by atoms with van der Waals surface area (Å²) in [7, 11) is 0. The predicted octanol–water partition coefficient (Wildman–Crippen LogP) is 8.26. The predicted molar refractivity (Wildman–Crippen MR) is 116 cm³/mol. The first-order valence-corrected chi connectivity index (χ1v) is 11.2. The Bertz CT molecular complexity index is 337. The van der Waals surface area contributed by atoms with Crippen molar-refractivity contribution in [3.63, 3.8) is 0 Å². The molecule has 0 fully saturated rings. The quantitative estimate of drug-likeness (QED) is 0.334. The smallest absolute Gasteiger partial charge is 0.0107 e. The van der Waals surface area contributed by atoms with Gasteiger partial charge in [-0.1, -0.05) is 94.9 Å². The Labute approximate surface area is 160 Å². The largest absolute Gasteiger partial charge is 0.175 e. The first-order valence-electron chi connectivity index (χ1n) is 10.7. The van der Waals surface area contributed by atoms with Crippen molar-refractivity contribution in [1.82, 2.24) is 0 Å². The zero-order chi connectivity index (χ0) is 19.1. The molecule has 0 rings (SSSR count). The van der Waals surface area contributed by atoms with Crippen molar-refractivity contribution in [2.75, 3.05) is 0 Å². The van der Waals surface area contributed by atoms with E-state index < -0.39 is 0 Å². The molecule has 1 heteroatoms. The second-order valence-corrected chi connectivity index (χ2v) is 9.92. The lowest BCUT2D eigenvalue weighted by Gasteiger charge is -2.50. The molecule has 24 heavy (non-hydrogen) atoms. The van der Waals surface area contributed by atoms with E-state index in [0.717, 1.165) is 11.8 Å². The van der Waals surface area contributed by atoms with E-state index in [4.69, 9.17) is 12.6 Å². The summed E-state index contributed by atoms with van der Waals surface area (Å²) >= 11 is 5.35. The van der Waals surface area contributed by atoms with Crippen LogP contribution in [0, 0.1) is 34.5 Å². The van der Waals surface area contributed by atoms with Gasteiger partial charge in [-0.05, 0) is 47.3 Å². The van der Waals surface area contributed by atoms with Gasteiger partial charge in [-0.2, -0.15) is 12.6 Å². The molecule has 0 bridgehead atoms. The molecule has 0 aliphatic rings. The summed E-state index contributed by atoms with van der Waals surface area (Å²) in [6.07, 6.45) is 7.71. The van der Waals surface area contributed by atoms with Gasteiger partial charge in [-0.3, -0.25) is 0 Å². The van der Waals surface area contributed by atoms with Crippen molar-refractivity contribution < 1.29 is 0 Å². The molecule has 0 saturated heterocycles. The average molecular weight is 357 g/mol. The van der Waals surface area contributed by atoms with E-state index in [9.17, 15) is 0 Å². The molecule has 4 unspecified atom stereocenters. The third kappa shape index (κ3) is 5.42. The summed E-state index contributed by atoms with van der Waals surface area (Å²) in [4.78, 5) is 0. The first kappa shape index (κ1) is 24.4. The molecular formula is C23H48S. The van der Waals surface area contributed by atoms with Gasteiger partial charge in [0.25, 0.3) is 0 Å². The molecule has 0 aliphatic heterocycles. The Balaban J connectivity index is 5.84. The molecular weight excluding hydrogens is 308 g/mol. The van der Waals surface area contributed by atoms with E-state index in [0.29, 0.717) is 27.9 Å². The molecule has 0 saturated carbocycles. The summed E-state index contributed by atoms with van der Waals surface area (Å²) < 4.78 is 0. The van der Waals surface area contributed by atoms with Crippen LogP contribution in [-0.2, 0) is 0 Å². The maximum Gasteiger partial charge on any atom is 0.0107 e. The second kappa shape index (κ2) is 10.5. The van der Waals surface area contributed by atoms with Crippen LogP contribution in [0.3, 0.4) is 0 Å². The van der Waals surface area contributed by atoms with Gasteiger partial charge < -0.3 is 0 Å². The third-order valence-electron chi connectivity index (χ3n) is 7.75. The fourth-order valence-corrected chi connectivity index (χ4v) is 5.85. The van der Waals surface area contributed by atoms with Gasteiger partial charge in [-0.25, -0.2) is 0 Å². The average Bonchev–Trinajstić information content (AvgIpc) is 2.54. The van der Waals surface area contributed by atoms with E-state index >= 15 is 0 Å². The minimum atomic E-state index is 0.321. The lowest BCUT2D eigenvalue weighted by atomic mass is 9.58. The lowest BCUT2D eigenvalue weighted by Crippen LogP contribution is -2.46. The zero-order valence-corrected chi connectivity index (χ0v) is 19.5. The molecule has 6 atom stereocenters.